The number of Topliss-reactive ketones (excluding diaryl/α,β-unsaturated/α-hetero) is 1. The molecule has 0 aromatic heterocycles. The predicted octanol–water partition coefficient (Wildman–Crippen LogP) is 5.00. The van der Waals surface area contributed by atoms with E-state index in [9.17, 15) is 24.5 Å². The molecule has 3 N–H and O–H groups in total. The first-order chi connectivity index (χ1) is 16.5. The van der Waals surface area contributed by atoms with Gasteiger partial charge in [-0.25, -0.2) is 4.39 Å². The highest BCUT2D eigenvalue weighted by molar-refractivity contribution is 5.99. The molecule has 3 aromatic carbocycles. The fraction of sp³-hybridized carbons (Fsp3) is 0.345. The first kappa shape index (κ1) is 24.9. The van der Waals surface area contributed by atoms with E-state index in [4.69, 9.17) is 0 Å². The van der Waals surface area contributed by atoms with E-state index in [1.807, 2.05) is 23.1 Å². The van der Waals surface area contributed by atoms with Gasteiger partial charge in [-0.15, -0.1) is 0 Å². The van der Waals surface area contributed by atoms with Crippen molar-refractivity contribution in [2.24, 2.45) is 5.92 Å². The fourth-order valence-electron chi connectivity index (χ4n) is 5.45. The third kappa shape index (κ3) is 5.39. The zero-order valence-electron chi connectivity index (χ0n) is 20.3. The molecule has 1 aliphatic rings. The number of halogens is 1. The summed E-state index contributed by atoms with van der Waals surface area (Å²) in [5.41, 5.74) is 1.25. The van der Waals surface area contributed by atoms with Crippen molar-refractivity contribution in [3.63, 3.8) is 0 Å². The van der Waals surface area contributed by atoms with E-state index in [1.165, 1.54) is 18.2 Å². The average molecular weight is 478 g/mol. The van der Waals surface area contributed by atoms with E-state index in [0.717, 1.165) is 5.56 Å². The molecule has 6 heteroatoms. The van der Waals surface area contributed by atoms with Crippen LogP contribution in [0, 0.1) is 18.7 Å². The van der Waals surface area contributed by atoms with Crippen LogP contribution >= 0.6 is 0 Å². The molecule has 184 valence electrons. The maximum Gasteiger partial charge on any atom is 0.167 e. The molecule has 3 atom stereocenters. The Morgan fingerprint density at radius 2 is 1.69 bits per heavy atom. The largest absolute Gasteiger partial charge is 0.508 e. The number of ketones is 1. The number of likely N-dealkylation sites (tertiary alicyclic amines) is 1. The van der Waals surface area contributed by atoms with Gasteiger partial charge in [-0.3, -0.25) is 9.69 Å². The van der Waals surface area contributed by atoms with Crippen molar-refractivity contribution in [1.29, 1.82) is 0 Å². The number of hydrogen-bond donors (Lipinski definition) is 3. The number of piperidine rings is 1. The van der Waals surface area contributed by atoms with Crippen molar-refractivity contribution in [3.8, 4) is 11.5 Å². The number of nitrogens with zero attached hydrogens (tertiary/aromatic N) is 1. The highest BCUT2D eigenvalue weighted by Crippen LogP contribution is 2.47. The lowest BCUT2D eigenvalue weighted by Gasteiger charge is -2.45. The zero-order chi connectivity index (χ0) is 25.3. The van der Waals surface area contributed by atoms with Crippen LogP contribution in [0.25, 0.3) is 0 Å². The molecule has 0 radical (unpaired) electrons. The maximum absolute atomic E-state index is 14.7. The molecule has 0 saturated carbocycles. The molecule has 5 nitrogen and oxygen atoms in total. The SMILES string of the molecule is Cc1c(F)cccc1[C@H]1[C@@H](C(=O)c2cccc(O)c2)CN(CC(C)(C)O)C[C@@H]1c1ccccc1O. The summed E-state index contributed by atoms with van der Waals surface area (Å²) in [7, 11) is 0. The molecule has 1 aliphatic heterocycles. The predicted molar refractivity (Wildman–Crippen MR) is 133 cm³/mol. The van der Waals surface area contributed by atoms with Crippen LogP contribution in [0.1, 0.15) is 52.7 Å². The second-order valence-electron chi connectivity index (χ2n) is 10.2. The summed E-state index contributed by atoms with van der Waals surface area (Å²) in [6.07, 6.45) is 0. The molecule has 1 fully saturated rings. The third-order valence-corrected chi connectivity index (χ3v) is 6.86. The van der Waals surface area contributed by atoms with Crippen LogP contribution in [0.3, 0.4) is 0 Å². The van der Waals surface area contributed by atoms with E-state index in [2.05, 4.69) is 0 Å². The topological polar surface area (TPSA) is 81.0 Å². The number of benzene rings is 3. The number of phenols is 2. The Kier molecular flexibility index (Phi) is 6.97. The van der Waals surface area contributed by atoms with Crippen LogP contribution in [0.5, 0.6) is 11.5 Å². The molecule has 1 heterocycles. The molecular formula is C29H32FNO4. The fourth-order valence-corrected chi connectivity index (χ4v) is 5.45. The van der Waals surface area contributed by atoms with Crippen LogP contribution in [0.4, 0.5) is 4.39 Å². The molecule has 0 unspecified atom stereocenters. The average Bonchev–Trinajstić information content (AvgIpc) is 2.79. The van der Waals surface area contributed by atoms with Gasteiger partial charge in [0.1, 0.15) is 17.3 Å². The summed E-state index contributed by atoms with van der Waals surface area (Å²) in [6, 6.07) is 18.2. The second kappa shape index (κ2) is 9.80. The van der Waals surface area contributed by atoms with Crippen molar-refractivity contribution in [2.45, 2.75) is 38.2 Å². The van der Waals surface area contributed by atoms with Crippen molar-refractivity contribution < 1.29 is 24.5 Å². The van der Waals surface area contributed by atoms with Crippen molar-refractivity contribution in [3.05, 3.63) is 94.8 Å². The van der Waals surface area contributed by atoms with Crippen LogP contribution < -0.4 is 0 Å². The summed E-state index contributed by atoms with van der Waals surface area (Å²) in [5, 5.41) is 31.4. The quantitative estimate of drug-likeness (QED) is 0.436. The zero-order valence-corrected chi connectivity index (χ0v) is 20.3. The van der Waals surface area contributed by atoms with Crippen LogP contribution in [0.2, 0.25) is 0 Å². The van der Waals surface area contributed by atoms with Crippen LogP contribution in [-0.4, -0.2) is 51.2 Å². The Morgan fingerprint density at radius 1 is 1.00 bits per heavy atom. The molecule has 3 aromatic rings. The molecule has 0 spiro atoms. The van der Waals surface area contributed by atoms with E-state index in [-0.39, 0.29) is 29.0 Å². The first-order valence-electron chi connectivity index (χ1n) is 11.9. The third-order valence-electron chi connectivity index (χ3n) is 6.86. The summed E-state index contributed by atoms with van der Waals surface area (Å²) < 4.78 is 14.7. The van der Waals surface area contributed by atoms with Gasteiger partial charge in [-0.05, 0) is 61.7 Å². The summed E-state index contributed by atoms with van der Waals surface area (Å²) in [4.78, 5) is 16.0. The molecular weight excluding hydrogens is 445 g/mol. The van der Waals surface area contributed by atoms with E-state index < -0.39 is 17.4 Å². The second-order valence-corrected chi connectivity index (χ2v) is 10.2. The first-order valence-corrected chi connectivity index (χ1v) is 11.9. The highest BCUT2D eigenvalue weighted by atomic mass is 19.1. The Hall–Kier alpha value is -3.22. The Bertz CT molecular complexity index is 1220. The molecule has 1 saturated heterocycles. The summed E-state index contributed by atoms with van der Waals surface area (Å²) in [6.45, 7) is 6.31. The molecule has 4 rings (SSSR count). The number of β-amino-alcohol motifs (C(OH)–C–C–N with tert-alkyl or cyclic N) is 1. The number of carbonyl (C=O) groups excluding carboxylic acids is 1. The normalized spacial score (nSPS) is 21.1. The number of hydrogen-bond acceptors (Lipinski definition) is 5. The Labute approximate surface area is 205 Å². The minimum atomic E-state index is -0.997. The van der Waals surface area contributed by atoms with Gasteiger partial charge in [0.15, 0.2) is 5.78 Å². The number of aromatic hydroxyl groups is 2. The van der Waals surface area contributed by atoms with Gasteiger partial charge in [-0.1, -0.05) is 42.5 Å². The van der Waals surface area contributed by atoms with Crippen LogP contribution in [-0.2, 0) is 0 Å². The van der Waals surface area contributed by atoms with Crippen molar-refractivity contribution in [2.75, 3.05) is 19.6 Å². The Balaban J connectivity index is 1.90. The molecule has 35 heavy (non-hydrogen) atoms. The van der Waals surface area contributed by atoms with Gasteiger partial charge in [0.2, 0.25) is 0 Å². The lowest BCUT2D eigenvalue weighted by atomic mass is 9.67. The smallest absolute Gasteiger partial charge is 0.167 e. The monoisotopic (exact) mass is 477 g/mol. The van der Waals surface area contributed by atoms with E-state index in [0.29, 0.717) is 36.3 Å². The van der Waals surface area contributed by atoms with Crippen LogP contribution in [0.15, 0.2) is 66.7 Å². The maximum atomic E-state index is 14.7. The number of phenolic OH excluding ortho intramolecular Hbond substituents is 2. The van der Waals surface area contributed by atoms with E-state index in [1.54, 1.807) is 51.1 Å². The van der Waals surface area contributed by atoms with Crippen molar-refractivity contribution in [1.82, 2.24) is 4.90 Å². The van der Waals surface area contributed by atoms with Gasteiger partial charge in [0.25, 0.3) is 0 Å². The molecule has 0 bridgehead atoms. The minimum absolute atomic E-state index is 0.00394. The van der Waals surface area contributed by atoms with E-state index >= 15 is 0 Å². The van der Waals surface area contributed by atoms with Gasteiger partial charge in [-0.2, -0.15) is 0 Å². The molecule has 0 amide bonds. The number of para-hydroxylation sites is 1. The van der Waals surface area contributed by atoms with Gasteiger partial charge >= 0.3 is 0 Å². The van der Waals surface area contributed by atoms with Gasteiger partial charge < -0.3 is 15.3 Å². The summed E-state index contributed by atoms with van der Waals surface area (Å²) >= 11 is 0. The number of carbonyl (C=O) groups is 1. The van der Waals surface area contributed by atoms with Gasteiger partial charge in [0.05, 0.1) is 5.60 Å². The number of aliphatic hydroxyl groups is 1. The lowest BCUT2D eigenvalue weighted by Crippen LogP contribution is -2.51. The summed E-state index contributed by atoms with van der Waals surface area (Å²) in [5.74, 6) is -1.76. The Morgan fingerprint density at radius 3 is 2.37 bits per heavy atom. The van der Waals surface area contributed by atoms with Crippen molar-refractivity contribution >= 4 is 5.78 Å². The molecule has 0 aliphatic carbocycles. The highest BCUT2D eigenvalue weighted by Gasteiger charge is 2.44. The number of rotatable bonds is 6. The van der Waals surface area contributed by atoms with Gasteiger partial charge in [0, 0.05) is 43.0 Å². The standard InChI is InChI=1S/C29H32FNO4/c1-18-21(11-7-12-25(18)30)27-23(22-10-4-5-13-26(22)33)15-31(17-29(2,3)35)16-24(27)28(34)19-8-6-9-20(32)14-19/h4-14,23-24,27,32-33,35H,15-17H2,1-3H3/t23-,24+,27-/m1/s1. The minimum Gasteiger partial charge on any atom is -0.508 e. The lowest BCUT2D eigenvalue weighted by molar-refractivity contribution is 0.0131.